The molecule has 3 aliphatic heterocycles. The van der Waals surface area contributed by atoms with E-state index in [1.807, 2.05) is 0 Å². The fourth-order valence-electron chi connectivity index (χ4n) is 7.88. The van der Waals surface area contributed by atoms with Gasteiger partial charge in [0.2, 0.25) is 0 Å². The number of ether oxygens (including phenoxy) is 1. The number of carbonyl (C=O) groups excluding carboxylic acids is 1. The highest BCUT2D eigenvalue weighted by Gasteiger charge is 2.41. The van der Waals surface area contributed by atoms with Gasteiger partial charge in [-0.05, 0) is 63.1 Å². The van der Waals surface area contributed by atoms with E-state index in [1.54, 1.807) is 0 Å². The van der Waals surface area contributed by atoms with Crippen LogP contribution in [0.3, 0.4) is 0 Å². The standard InChI is InChI=1S/C37H46FN7O2/c1-6-9-27-20-37(4,42(5)21-27)24-47-36-40-31-23-43(32-13-8-12-28-11-7-10-25(2)33(28)32)17-15-30(31)34(41-36)44-18-19-45(35(46)26(3)38)29(22-44)14-16-39/h7-8,10-13,27,29H,3,6,9,14-15,17-24H2,1-2,4-5H3/t27-,29+,37+/m1/s1. The molecule has 1 aromatic heterocycles. The lowest BCUT2D eigenvalue weighted by Gasteiger charge is -2.42. The van der Waals surface area contributed by atoms with Crippen molar-refractivity contribution in [3.63, 3.8) is 0 Å². The van der Waals surface area contributed by atoms with Gasteiger partial charge < -0.3 is 19.4 Å². The van der Waals surface area contributed by atoms with Crippen molar-refractivity contribution in [2.24, 2.45) is 5.92 Å². The second kappa shape index (κ2) is 13.5. The molecule has 2 fully saturated rings. The molecule has 47 heavy (non-hydrogen) atoms. The van der Waals surface area contributed by atoms with Crippen LogP contribution in [0.25, 0.3) is 10.8 Å². The van der Waals surface area contributed by atoms with Gasteiger partial charge in [0.25, 0.3) is 5.91 Å². The van der Waals surface area contributed by atoms with Crippen LogP contribution in [-0.4, -0.2) is 83.6 Å². The molecular formula is C37H46FN7O2. The summed E-state index contributed by atoms with van der Waals surface area (Å²) in [4.78, 5) is 31.0. The monoisotopic (exact) mass is 639 g/mol. The average Bonchev–Trinajstić information content (AvgIpc) is 3.35. The van der Waals surface area contributed by atoms with Crippen molar-refractivity contribution < 1.29 is 13.9 Å². The molecule has 1 amide bonds. The Bertz CT molecular complexity index is 1700. The van der Waals surface area contributed by atoms with Crippen LogP contribution in [0, 0.1) is 24.2 Å². The fourth-order valence-corrected chi connectivity index (χ4v) is 7.88. The zero-order valence-electron chi connectivity index (χ0n) is 28.1. The summed E-state index contributed by atoms with van der Waals surface area (Å²) >= 11 is 0. The Morgan fingerprint density at radius 3 is 2.68 bits per heavy atom. The maximum absolute atomic E-state index is 13.9. The number of hydrogen-bond acceptors (Lipinski definition) is 8. The second-order valence-corrected chi connectivity index (χ2v) is 13.8. The van der Waals surface area contributed by atoms with Crippen LogP contribution in [0.15, 0.2) is 48.8 Å². The lowest BCUT2D eigenvalue weighted by molar-refractivity contribution is -0.131. The van der Waals surface area contributed by atoms with E-state index >= 15 is 0 Å². The SMILES string of the molecule is C=C(F)C(=O)N1CCN(c2nc(OC[C@]3(C)C[C@@H](CCC)CN3C)nc3c2CCN(c2cccc4cccc(C)c24)C3)C[C@@H]1CC#N. The number of aromatic nitrogens is 2. The number of nitrogens with zero attached hydrogens (tertiary/aromatic N) is 7. The molecule has 3 atom stereocenters. The highest BCUT2D eigenvalue weighted by Crippen LogP contribution is 2.37. The summed E-state index contributed by atoms with van der Waals surface area (Å²) < 4.78 is 20.4. The van der Waals surface area contributed by atoms with Gasteiger partial charge >= 0.3 is 6.01 Å². The van der Waals surface area contributed by atoms with Gasteiger partial charge in [0.1, 0.15) is 12.4 Å². The van der Waals surface area contributed by atoms with Crippen LogP contribution < -0.4 is 14.5 Å². The largest absolute Gasteiger partial charge is 0.461 e. The Kier molecular flexibility index (Phi) is 9.38. The van der Waals surface area contributed by atoms with Gasteiger partial charge in [-0.25, -0.2) is 4.39 Å². The number of aryl methyl sites for hydroxylation is 1. The molecule has 248 valence electrons. The number of rotatable bonds is 9. The maximum Gasteiger partial charge on any atom is 0.318 e. The molecule has 0 spiro atoms. The van der Waals surface area contributed by atoms with Crippen LogP contribution in [0.5, 0.6) is 6.01 Å². The predicted molar refractivity (Wildman–Crippen MR) is 183 cm³/mol. The molecule has 4 heterocycles. The lowest BCUT2D eigenvalue weighted by atomic mass is 9.92. The number of likely N-dealkylation sites (N-methyl/N-ethyl adjacent to an activating group) is 1. The third-order valence-corrected chi connectivity index (χ3v) is 10.4. The molecule has 6 rings (SSSR count). The van der Waals surface area contributed by atoms with Crippen LogP contribution in [0.1, 0.15) is 56.4 Å². The highest BCUT2D eigenvalue weighted by atomic mass is 19.1. The number of hydrogen-bond donors (Lipinski definition) is 0. The number of halogens is 1. The van der Waals surface area contributed by atoms with Crippen molar-refractivity contribution in [3.05, 3.63) is 65.6 Å². The number of likely N-dealkylation sites (tertiary alicyclic amines) is 1. The summed E-state index contributed by atoms with van der Waals surface area (Å²) in [7, 11) is 2.17. The number of nitriles is 1. The number of fused-ring (bicyclic) bond motifs is 2. The summed E-state index contributed by atoms with van der Waals surface area (Å²) in [6, 6.07) is 14.9. The number of amides is 1. The molecule has 3 aromatic rings. The molecule has 0 saturated carbocycles. The maximum atomic E-state index is 13.9. The Balaban J connectivity index is 1.34. The zero-order chi connectivity index (χ0) is 33.3. The van der Waals surface area contributed by atoms with Crippen molar-refractivity contribution in [2.75, 3.05) is 56.2 Å². The number of benzene rings is 2. The van der Waals surface area contributed by atoms with Gasteiger partial charge in [-0.2, -0.15) is 15.2 Å². The van der Waals surface area contributed by atoms with Gasteiger partial charge in [-0.15, -0.1) is 0 Å². The van der Waals surface area contributed by atoms with E-state index in [4.69, 9.17) is 14.7 Å². The van der Waals surface area contributed by atoms with Crippen molar-refractivity contribution in [1.29, 1.82) is 5.26 Å². The number of anilines is 2. The van der Waals surface area contributed by atoms with E-state index in [1.165, 1.54) is 39.8 Å². The Labute approximate surface area is 277 Å². The summed E-state index contributed by atoms with van der Waals surface area (Å²) in [5.41, 5.74) is 4.28. The quantitative estimate of drug-likeness (QED) is 0.272. The van der Waals surface area contributed by atoms with E-state index < -0.39 is 17.8 Å². The molecule has 0 unspecified atom stereocenters. The van der Waals surface area contributed by atoms with Gasteiger partial charge in [-0.3, -0.25) is 9.69 Å². The Morgan fingerprint density at radius 2 is 1.94 bits per heavy atom. The van der Waals surface area contributed by atoms with E-state index in [0.29, 0.717) is 38.2 Å². The van der Waals surface area contributed by atoms with E-state index in [2.05, 4.69) is 91.6 Å². The van der Waals surface area contributed by atoms with E-state index in [-0.39, 0.29) is 18.5 Å². The average molecular weight is 640 g/mol. The van der Waals surface area contributed by atoms with Gasteiger partial charge in [-0.1, -0.05) is 50.3 Å². The normalized spacial score (nSPS) is 23.1. The molecule has 0 bridgehead atoms. The van der Waals surface area contributed by atoms with Crippen LogP contribution in [0.2, 0.25) is 0 Å². The number of carbonyl (C=O) groups is 1. The summed E-state index contributed by atoms with van der Waals surface area (Å²) in [5, 5.41) is 12.0. The second-order valence-electron chi connectivity index (χ2n) is 13.8. The predicted octanol–water partition coefficient (Wildman–Crippen LogP) is 5.80. The van der Waals surface area contributed by atoms with Gasteiger partial charge in [0, 0.05) is 49.4 Å². The topological polar surface area (TPSA) is 88.8 Å². The smallest absolute Gasteiger partial charge is 0.318 e. The first kappa shape index (κ1) is 32.7. The molecule has 2 saturated heterocycles. The van der Waals surface area contributed by atoms with Crippen LogP contribution >= 0.6 is 0 Å². The lowest BCUT2D eigenvalue weighted by Crippen LogP contribution is -2.55. The first-order valence-electron chi connectivity index (χ1n) is 16.9. The Hall–Kier alpha value is -4.23. The van der Waals surface area contributed by atoms with Crippen molar-refractivity contribution in [3.8, 4) is 12.1 Å². The summed E-state index contributed by atoms with van der Waals surface area (Å²) in [6.45, 7) is 13.9. The van der Waals surface area contributed by atoms with E-state index in [9.17, 15) is 14.4 Å². The summed E-state index contributed by atoms with van der Waals surface area (Å²) in [6.07, 6.45) is 4.26. The molecule has 0 N–H and O–H groups in total. The minimum absolute atomic E-state index is 0.0873. The molecule has 3 aliphatic rings. The highest BCUT2D eigenvalue weighted by molar-refractivity contribution is 5.97. The molecule has 9 nitrogen and oxygen atoms in total. The van der Waals surface area contributed by atoms with Gasteiger partial charge in [0.15, 0.2) is 5.83 Å². The third kappa shape index (κ3) is 6.51. The summed E-state index contributed by atoms with van der Waals surface area (Å²) in [5.74, 6) is -0.337. The van der Waals surface area contributed by atoms with Crippen LogP contribution in [-0.2, 0) is 17.8 Å². The van der Waals surface area contributed by atoms with Crippen molar-refractivity contribution in [1.82, 2.24) is 19.8 Å². The zero-order valence-corrected chi connectivity index (χ0v) is 28.1. The first-order chi connectivity index (χ1) is 22.6. The van der Waals surface area contributed by atoms with Crippen molar-refractivity contribution in [2.45, 2.75) is 71.0 Å². The minimum Gasteiger partial charge on any atom is -0.461 e. The molecular weight excluding hydrogens is 593 g/mol. The third-order valence-electron chi connectivity index (χ3n) is 10.4. The molecule has 0 aliphatic carbocycles. The Morgan fingerprint density at radius 1 is 1.15 bits per heavy atom. The molecule has 10 heteroatoms. The van der Waals surface area contributed by atoms with Crippen molar-refractivity contribution >= 4 is 28.2 Å². The van der Waals surface area contributed by atoms with Crippen LogP contribution in [0.4, 0.5) is 15.9 Å². The fraction of sp³-hybridized carbons (Fsp3) is 0.514. The van der Waals surface area contributed by atoms with Gasteiger partial charge in [0.05, 0.1) is 36.3 Å². The van der Waals surface area contributed by atoms with E-state index in [0.717, 1.165) is 43.0 Å². The number of piperazine rings is 1. The first-order valence-corrected chi connectivity index (χ1v) is 16.9. The minimum atomic E-state index is -1.01. The molecule has 0 radical (unpaired) electrons. The molecule has 2 aromatic carbocycles.